The molecule has 4 rings (SSSR count). The van der Waals surface area contributed by atoms with Crippen molar-refractivity contribution in [1.29, 1.82) is 0 Å². The molecule has 0 saturated heterocycles. The van der Waals surface area contributed by atoms with Crippen molar-refractivity contribution in [3.05, 3.63) is 52.5 Å². The number of carbonyl (C=O) groups excluding carboxylic acids is 1. The van der Waals surface area contributed by atoms with E-state index in [4.69, 9.17) is 5.11 Å². The number of aromatic amines is 2. The first-order valence-electron chi connectivity index (χ1n) is 7.92. The van der Waals surface area contributed by atoms with E-state index in [9.17, 15) is 9.59 Å². The number of carboxylic acids is 1. The van der Waals surface area contributed by atoms with Gasteiger partial charge in [0, 0.05) is 28.1 Å². The second-order valence-electron chi connectivity index (χ2n) is 5.44. The fourth-order valence-corrected chi connectivity index (χ4v) is 3.90. The van der Waals surface area contributed by atoms with Crippen LogP contribution in [0.1, 0.15) is 21.0 Å². The number of aromatic nitrogens is 4. The van der Waals surface area contributed by atoms with Crippen LogP contribution in [0.4, 0.5) is 0 Å². The highest BCUT2D eigenvalue weighted by Crippen LogP contribution is 2.29. The zero-order valence-corrected chi connectivity index (χ0v) is 17.2. The Hall–Kier alpha value is -2.85. The van der Waals surface area contributed by atoms with Crippen molar-refractivity contribution in [3.8, 4) is 0 Å². The molecule has 0 radical (unpaired) electrons. The van der Waals surface area contributed by atoms with Crippen LogP contribution < -0.4 is 0 Å². The highest BCUT2D eigenvalue weighted by atomic mass is 79.9. The second kappa shape index (κ2) is 8.44. The Morgan fingerprint density at radius 3 is 2.18 bits per heavy atom. The highest BCUT2D eigenvalue weighted by Gasteiger charge is 2.17. The summed E-state index contributed by atoms with van der Waals surface area (Å²) < 4.78 is 5.31. The third-order valence-corrected chi connectivity index (χ3v) is 5.49. The first-order chi connectivity index (χ1) is 13.5. The Labute approximate surface area is 171 Å². The van der Waals surface area contributed by atoms with Crippen LogP contribution in [0.25, 0.3) is 22.1 Å². The van der Waals surface area contributed by atoms with Crippen molar-refractivity contribution in [2.75, 3.05) is 13.4 Å². The van der Waals surface area contributed by atoms with E-state index in [-0.39, 0.29) is 5.69 Å². The molecular formula is C18H15BrN4O4S. The van der Waals surface area contributed by atoms with Gasteiger partial charge in [-0.05, 0) is 46.5 Å². The van der Waals surface area contributed by atoms with Gasteiger partial charge in [-0.25, -0.2) is 19.6 Å². The Kier molecular flexibility index (Phi) is 6.00. The molecule has 0 aliphatic rings. The number of hydrogen-bond donors (Lipinski definition) is 3. The largest absolute Gasteiger partial charge is 0.477 e. The number of carboxylic acid groups (broad SMARTS) is 1. The van der Waals surface area contributed by atoms with Crippen LogP contribution in [0, 0.1) is 0 Å². The normalized spacial score (nSPS) is 10.5. The van der Waals surface area contributed by atoms with E-state index in [1.54, 1.807) is 18.5 Å². The van der Waals surface area contributed by atoms with Crippen molar-refractivity contribution < 1.29 is 19.4 Å². The number of fused-ring (bicyclic) bond motifs is 2. The molecule has 0 bridgehead atoms. The number of ether oxygens (including phenoxy) is 1. The minimum Gasteiger partial charge on any atom is -0.477 e. The molecular weight excluding hydrogens is 448 g/mol. The number of nitrogens with one attached hydrogen (secondary N) is 2. The van der Waals surface area contributed by atoms with Crippen LogP contribution in [0.2, 0.25) is 0 Å². The van der Waals surface area contributed by atoms with Crippen molar-refractivity contribution in [2.45, 2.75) is 4.90 Å². The molecule has 28 heavy (non-hydrogen) atoms. The average Bonchev–Trinajstić information content (AvgIpc) is 3.26. The minimum atomic E-state index is -0.952. The monoisotopic (exact) mass is 462 g/mol. The molecule has 4 aromatic rings. The van der Waals surface area contributed by atoms with Gasteiger partial charge in [-0.2, -0.15) is 0 Å². The maximum atomic E-state index is 11.3. The molecule has 8 nitrogen and oxygen atoms in total. The van der Waals surface area contributed by atoms with Crippen molar-refractivity contribution in [3.63, 3.8) is 0 Å². The molecule has 0 atom stereocenters. The molecule has 0 fully saturated rings. The Balaban J connectivity index is 0.000000161. The lowest BCUT2D eigenvalue weighted by molar-refractivity contribution is 0.0593. The second-order valence-corrected chi connectivity index (χ2v) is 7.05. The predicted molar refractivity (Wildman–Crippen MR) is 110 cm³/mol. The number of methoxy groups -OCH3 is 1. The summed E-state index contributed by atoms with van der Waals surface area (Å²) >= 11 is 4.73. The highest BCUT2D eigenvalue weighted by molar-refractivity contribution is 9.10. The lowest BCUT2D eigenvalue weighted by atomic mass is 10.3. The van der Waals surface area contributed by atoms with Crippen LogP contribution in [0.15, 0.2) is 46.0 Å². The molecule has 0 saturated carbocycles. The molecule has 0 aliphatic heterocycles. The molecule has 0 spiro atoms. The maximum absolute atomic E-state index is 11.3. The number of aromatic carboxylic acids is 1. The third kappa shape index (κ3) is 3.73. The average molecular weight is 463 g/mol. The smallest absolute Gasteiger partial charge is 0.355 e. The number of rotatable bonds is 3. The maximum Gasteiger partial charge on any atom is 0.355 e. The SMILES string of the molecule is COC(=O)c1[nH]c2ncccc2c1Br.CSc1c(C(=O)O)[nH]c2ncccc12. The molecule has 144 valence electrons. The zero-order chi connectivity index (χ0) is 20.3. The van der Waals surface area contributed by atoms with E-state index in [0.29, 0.717) is 21.5 Å². The quantitative estimate of drug-likeness (QED) is 0.309. The molecule has 4 aromatic heterocycles. The van der Waals surface area contributed by atoms with Crippen LogP contribution in [0.3, 0.4) is 0 Å². The van der Waals surface area contributed by atoms with Crippen LogP contribution in [-0.2, 0) is 4.74 Å². The number of thioether (sulfide) groups is 1. The molecule has 0 aromatic carbocycles. The van der Waals surface area contributed by atoms with E-state index >= 15 is 0 Å². The summed E-state index contributed by atoms with van der Waals surface area (Å²) in [5.41, 5.74) is 1.89. The van der Waals surface area contributed by atoms with Crippen molar-refractivity contribution in [2.24, 2.45) is 0 Å². The summed E-state index contributed by atoms with van der Waals surface area (Å²) in [7, 11) is 1.34. The number of hydrogen-bond acceptors (Lipinski definition) is 6. The number of H-pyrrole nitrogens is 2. The van der Waals surface area contributed by atoms with Gasteiger partial charge in [-0.3, -0.25) is 0 Å². The van der Waals surface area contributed by atoms with Crippen molar-refractivity contribution >= 4 is 61.7 Å². The molecule has 0 aliphatic carbocycles. The fourth-order valence-electron chi connectivity index (χ4n) is 2.59. The Bertz CT molecular complexity index is 1170. The Morgan fingerprint density at radius 1 is 1.07 bits per heavy atom. The van der Waals surface area contributed by atoms with E-state index in [2.05, 4.69) is 40.6 Å². The topological polar surface area (TPSA) is 121 Å². The van der Waals surface area contributed by atoms with E-state index in [0.717, 1.165) is 15.7 Å². The summed E-state index contributed by atoms with van der Waals surface area (Å²) in [6.45, 7) is 0. The predicted octanol–water partition coefficient (Wildman–Crippen LogP) is 4.10. The number of halogens is 1. The first kappa shape index (κ1) is 19.9. The van der Waals surface area contributed by atoms with Crippen LogP contribution >= 0.6 is 27.7 Å². The first-order valence-corrected chi connectivity index (χ1v) is 9.94. The van der Waals surface area contributed by atoms with Gasteiger partial charge < -0.3 is 19.8 Å². The van der Waals surface area contributed by atoms with Gasteiger partial charge in [0.25, 0.3) is 0 Å². The summed E-state index contributed by atoms with van der Waals surface area (Å²) in [6, 6.07) is 7.33. The summed E-state index contributed by atoms with van der Waals surface area (Å²) in [4.78, 5) is 36.7. The standard InChI is InChI=1S/C9H7BrN2O2.C9H8N2O2S/c1-14-9(13)7-6(10)5-3-2-4-11-8(5)12-7;1-14-7-5-3-2-4-10-8(5)11-6(7)9(12)13/h2-4H,1H3,(H,11,12);2-4H,1H3,(H,10,11)(H,12,13). The fraction of sp³-hybridized carbons (Fsp3) is 0.111. The van der Waals surface area contributed by atoms with Gasteiger partial charge in [0.05, 0.1) is 11.6 Å². The van der Waals surface area contributed by atoms with Gasteiger partial charge in [-0.15, -0.1) is 11.8 Å². The van der Waals surface area contributed by atoms with Gasteiger partial charge in [0.15, 0.2) is 0 Å². The van der Waals surface area contributed by atoms with Crippen molar-refractivity contribution in [1.82, 2.24) is 19.9 Å². The van der Waals surface area contributed by atoms with E-state index in [1.807, 2.05) is 24.5 Å². The minimum absolute atomic E-state index is 0.214. The lowest BCUT2D eigenvalue weighted by Crippen LogP contribution is -2.01. The lowest BCUT2D eigenvalue weighted by Gasteiger charge is -1.94. The van der Waals surface area contributed by atoms with E-state index < -0.39 is 11.9 Å². The number of esters is 1. The molecule has 10 heteroatoms. The van der Waals surface area contributed by atoms with E-state index in [1.165, 1.54) is 18.9 Å². The molecule has 0 amide bonds. The number of pyridine rings is 2. The summed E-state index contributed by atoms with van der Waals surface area (Å²) in [6.07, 6.45) is 5.14. The van der Waals surface area contributed by atoms with Gasteiger partial charge in [0.2, 0.25) is 0 Å². The summed E-state index contributed by atoms with van der Waals surface area (Å²) in [5, 5.41) is 10.7. The van der Waals surface area contributed by atoms with Crippen LogP contribution in [0.5, 0.6) is 0 Å². The molecule has 3 N–H and O–H groups in total. The van der Waals surface area contributed by atoms with Gasteiger partial charge in [0.1, 0.15) is 22.7 Å². The van der Waals surface area contributed by atoms with Crippen LogP contribution in [-0.4, -0.2) is 50.3 Å². The van der Waals surface area contributed by atoms with Gasteiger partial charge >= 0.3 is 11.9 Å². The van der Waals surface area contributed by atoms with Gasteiger partial charge in [-0.1, -0.05) is 0 Å². The summed E-state index contributed by atoms with van der Waals surface area (Å²) in [5.74, 6) is -1.36. The number of carbonyl (C=O) groups is 2. The molecule has 0 unspecified atom stereocenters. The number of nitrogens with zero attached hydrogens (tertiary/aromatic N) is 2. The Morgan fingerprint density at radius 2 is 1.64 bits per heavy atom. The molecule has 4 heterocycles. The zero-order valence-electron chi connectivity index (χ0n) is 14.8. The third-order valence-electron chi connectivity index (χ3n) is 3.84.